The third kappa shape index (κ3) is 4.98. The monoisotopic (exact) mass is 464 g/mol. The van der Waals surface area contributed by atoms with E-state index in [9.17, 15) is 14.0 Å². The minimum Gasteiger partial charge on any atom is -0.497 e. The number of thiocarbonyl (C=S) groups is 1. The number of nitrogens with zero attached hydrogens (tertiary/aromatic N) is 3. The first-order valence-electron chi connectivity index (χ1n) is 10.2. The molecule has 0 saturated carbocycles. The molecule has 1 aromatic heterocycles. The van der Waals surface area contributed by atoms with Crippen LogP contribution in [-0.2, 0) is 16.1 Å². The van der Waals surface area contributed by atoms with E-state index >= 15 is 0 Å². The molecule has 3 aromatic rings. The third-order valence-electron chi connectivity index (χ3n) is 5.23. The Morgan fingerprint density at radius 1 is 1.15 bits per heavy atom. The minimum absolute atomic E-state index is 0.108. The van der Waals surface area contributed by atoms with Gasteiger partial charge in [-0.05, 0) is 72.4 Å². The maximum Gasteiger partial charge on any atom is 0.256 e. The number of amides is 2. The van der Waals surface area contributed by atoms with Crippen LogP contribution in [0.2, 0.25) is 0 Å². The lowest BCUT2D eigenvalue weighted by molar-refractivity contribution is -0.124. The summed E-state index contributed by atoms with van der Waals surface area (Å²) < 4.78 is 18.5. The van der Waals surface area contributed by atoms with Gasteiger partial charge in [-0.1, -0.05) is 6.07 Å². The van der Waals surface area contributed by atoms with Crippen molar-refractivity contribution in [3.63, 3.8) is 0 Å². The fraction of sp³-hybridized carbons (Fsp3) is 0.167. The molecule has 0 spiro atoms. The molecule has 1 atom stereocenters. The van der Waals surface area contributed by atoms with Gasteiger partial charge in [-0.2, -0.15) is 0 Å². The van der Waals surface area contributed by atoms with Crippen molar-refractivity contribution in [1.29, 1.82) is 0 Å². The summed E-state index contributed by atoms with van der Waals surface area (Å²) in [5, 5.41) is 3.05. The highest BCUT2D eigenvalue weighted by Crippen LogP contribution is 2.29. The highest BCUT2D eigenvalue weighted by molar-refractivity contribution is 7.80. The number of carbonyl (C=O) groups excluding carboxylic acids is 2. The smallest absolute Gasteiger partial charge is 0.256 e. The van der Waals surface area contributed by atoms with Crippen molar-refractivity contribution >= 4 is 40.5 Å². The number of carbonyl (C=O) groups is 2. The fourth-order valence-corrected chi connectivity index (χ4v) is 3.98. The average Bonchev–Trinajstić information content (AvgIpc) is 3.05. The lowest BCUT2D eigenvalue weighted by Crippen LogP contribution is -2.37. The number of nitrogens with one attached hydrogen (secondary N) is 1. The molecule has 1 aliphatic heterocycles. The Balaban J connectivity index is 1.57. The predicted molar refractivity (Wildman–Crippen MR) is 126 cm³/mol. The quantitative estimate of drug-likeness (QED) is 0.537. The number of ether oxygens (including phenoxy) is 1. The number of methoxy groups -OCH3 is 1. The first-order valence-corrected chi connectivity index (χ1v) is 10.6. The van der Waals surface area contributed by atoms with E-state index in [1.165, 1.54) is 29.2 Å². The second kappa shape index (κ2) is 9.74. The van der Waals surface area contributed by atoms with Crippen LogP contribution >= 0.6 is 12.2 Å². The zero-order valence-corrected chi connectivity index (χ0v) is 18.6. The fourth-order valence-electron chi connectivity index (χ4n) is 3.59. The molecule has 4 rings (SSSR count). The van der Waals surface area contributed by atoms with Crippen LogP contribution in [0.3, 0.4) is 0 Å². The first-order chi connectivity index (χ1) is 16.0. The van der Waals surface area contributed by atoms with Crippen molar-refractivity contribution in [2.45, 2.75) is 19.0 Å². The van der Waals surface area contributed by atoms with Crippen molar-refractivity contribution in [2.24, 2.45) is 0 Å². The lowest BCUT2D eigenvalue weighted by atomic mass is 10.1. The maximum absolute atomic E-state index is 13.4. The molecule has 0 bridgehead atoms. The second-order valence-electron chi connectivity index (χ2n) is 7.42. The number of hydrogen-bond donors (Lipinski definition) is 1. The lowest BCUT2D eigenvalue weighted by Gasteiger charge is -2.23. The van der Waals surface area contributed by atoms with Crippen LogP contribution in [0.4, 0.5) is 15.8 Å². The summed E-state index contributed by atoms with van der Waals surface area (Å²) >= 11 is 5.61. The molecular formula is C24H21FN4O3S. The predicted octanol–water partition coefficient (Wildman–Crippen LogP) is 3.76. The molecule has 1 saturated heterocycles. The molecule has 2 heterocycles. The highest BCUT2D eigenvalue weighted by atomic mass is 32.1. The largest absolute Gasteiger partial charge is 0.497 e. The minimum atomic E-state index is -0.819. The molecule has 2 aromatic carbocycles. The second-order valence-corrected chi connectivity index (χ2v) is 7.78. The Bertz CT molecular complexity index is 1160. The van der Waals surface area contributed by atoms with E-state index in [1.807, 2.05) is 6.07 Å². The molecule has 168 valence electrons. The summed E-state index contributed by atoms with van der Waals surface area (Å²) in [4.78, 5) is 33.3. The molecule has 0 unspecified atom stereocenters. The molecule has 1 fully saturated rings. The summed E-state index contributed by atoms with van der Waals surface area (Å²) in [6, 6.07) is 15.2. The van der Waals surface area contributed by atoms with Crippen LogP contribution in [-0.4, -0.2) is 40.0 Å². The van der Waals surface area contributed by atoms with E-state index in [4.69, 9.17) is 17.0 Å². The number of benzene rings is 2. The molecule has 7 nitrogen and oxygen atoms in total. The van der Waals surface area contributed by atoms with Crippen molar-refractivity contribution in [3.8, 4) is 5.75 Å². The van der Waals surface area contributed by atoms with E-state index < -0.39 is 11.9 Å². The van der Waals surface area contributed by atoms with Crippen LogP contribution in [0.15, 0.2) is 73.1 Å². The van der Waals surface area contributed by atoms with Gasteiger partial charge >= 0.3 is 0 Å². The molecule has 0 aliphatic carbocycles. The van der Waals surface area contributed by atoms with E-state index in [0.717, 1.165) is 5.56 Å². The number of anilines is 2. The van der Waals surface area contributed by atoms with Gasteiger partial charge in [0.25, 0.3) is 5.91 Å². The van der Waals surface area contributed by atoms with Crippen molar-refractivity contribution in [2.75, 3.05) is 17.3 Å². The Kier molecular flexibility index (Phi) is 6.60. The molecular weight excluding hydrogens is 443 g/mol. The van der Waals surface area contributed by atoms with Gasteiger partial charge in [0, 0.05) is 24.6 Å². The van der Waals surface area contributed by atoms with E-state index in [2.05, 4.69) is 10.3 Å². The van der Waals surface area contributed by atoms with Gasteiger partial charge in [0.1, 0.15) is 17.6 Å². The van der Waals surface area contributed by atoms with Crippen molar-refractivity contribution < 1.29 is 18.7 Å². The Hall–Kier alpha value is -3.85. The van der Waals surface area contributed by atoms with Crippen LogP contribution < -0.4 is 15.0 Å². The summed E-state index contributed by atoms with van der Waals surface area (Å²) in [5.74, 6) is -0.431. The summed E-state index contributed by atoms with van der Waals surface area (Å²) in [6.07, 6.45) is 3.23. The van der Waals surface area contributed by atoms with Gasteiger partial charge in [0.15, 0.2) is 5.11 Å². The highest BCUT2D eigenvalue weighted by Gasteiger charge is 2.44. The van der Waals surface area contributed by atoms with Crippen molar-refractivity contribution in [1.82, 2.24) is 9.88 Å². The van der Waals surface area contributed by atoms with Crippen LogP contribution in [0.1, 0.15) is 12.0 Å². The van der Waals surface area contributed by atoms with Crippen LogP contribution in [0.5, 0.6) is 5.75 Å². The van der Waals surface area contributed by atoms with Gasteiger partial charge in [0.05, 0.1) is 19.2 Å². The van der Waals surface area contributed by atoms with Crippen LogP contribution in [0.25, 0.3) is 0 Å². The maximum atomic E-state index is 13.4. The number of halogens is 1. The molecule has 33 heavy (non-hydrogen) atoms. The van der Waals surface area contributed by atoms with Gasteiger partial charge < -0.3 is 15.0 Å². The van der Waals surface area contributed by atoms with E-state index in [-0.39, 0.29) is 23.3 Å². The van der Waals surface area contributed by atoms with Crippen LogP contribution in [0, 0.1) is 5.82 Å². The van der Waals surface area contributed by atoms with Gasteiger partial charge in [0.2, 0.25) is 5.91 Å². The standard InChI is InChI=1S/C24H21FN4O3S/c1-32-20-10-6-18(7-11-20)27-22(30)13-21-23(31)29(19-8-4-17(25)5-9-19)24(33)28(21)15-16-3-2-12-26-14-16/h2-12,14,21H,13,15H2,1H3,(H,27,30)/t21-/m0/s1. The zero-order valence-electron chi connectivity index (χ0n) is 17.8. The molecule has 1 aliphatic rings. The average molecular weight is 465 g/mol. The normalized spacial score (nSPS) is 15.6. The third-order valence-corrected chi connectivity index (χ3v) is 5.65. The summed E-state index contributed by atoms with van der Waals surface area (Å²) in [7, 11) is 1.56. The Morgan fingerprint density at radius 3 is 2.52 bits per heavy atom. The molecule has 2 amide bonds. The van der Waals surface area contributed by atoms with Crippen molar-refractivity contribution in [3.05, 3.63) is 84.4 Å². The summed E-state index contributed by atoms with van der Waals surface area (Å²) in [6.45, 7) is 0.302. The number of rotatable bonds is 7. The van der Waals surface area contributed by atoms with E-state index in [1.54, 1.807) is 54.7 Å². The molecule has 0 radical (unpaired) electrons. The summed E-state index contributed by atoms with van der Waals surface area (Å²) in [5.41, 5.74) is 1.87. The SMILES string of the molecule is COc1ccc(NC(=O)C[C@H]2C(=O)N(c3ccc(F)cc3)C(=S)N2Cc2cccnc2)cc1. The Morgan fingerprint density at radius 2 is 1.88 bits per heavy atom. The topological polar surface area (TPSA) is 74.8 Å². The molecule has 1 N–H and O–H groups in total. The first kappa shape index (κ1) is 22.3. The number of aromatic nitrogens is 1. The molecule has 9 heteroatoms. The Labute approximate surface area is 195 Å². The number of pyridine rings is 1. The van der Waals surface area contributed by atoms with Gasteiger partial charge in [-0.15, -0.1) is 0 Å². The zero-order chi connectivity index (χ0) is 23.4. The number of hydrogen-bond acceptors (Lipinski definition) is 5. The van der Waals surface area contributed by atoms with Gasteiger partial charge in [-0.3, -0.25) is 19.5 Å². The van der Waals surface area contributed by atoms with Gasteiger partial charge in [-0.25, -0.2) is 4.39 Å². The van der Waals surface area contributed by atoms with E-state index in [0.29, 0.717) is 23.7 Å².